The number of carbonyl (C=O) groups excluding carboxylic acids is 1. The van der Waals surface area contributed by atoms with Gasteiger partial charge in [-0.25, -0.2) is 0 Å². The molecule has 118 valence electrons. The Balaban J connectivity index is 1.98. The minimum Gasteiger partial charge on any atom is -0.493 e. The van der Waals surface area contributed by atoms with Gasteiger partial charge in [-0.1, -0.05) is 18.2 Å². The number of benzene rings is 2. The smallest absolute Gasteiger partial charge is 0.271 e. The van der Waals surface area contributed by atoms with Crippen molar-refractivity contribution in [1.29, 1.82) is 0 Å². The van der Waals surface area contributed by atoms with E-state index in [1.165, 1.54) is 12.1 Å². The first-order valence-electron chi connectivity index (χ1n) is 7.43. The predicted molar refractivity (Wildman–Crippen MR) is 86.1 cm³/mol. The SMILES string of the molecule is CCOc1ccccc1C(=O)N1CCc2ccc([N+](=O)[O-])cc21. The normalized spacial score (nSPS) is 12.8. The van der Waals surface area contributed by atoms with Crippen molar-refractivity contribution >= 4 is 17.3 Å². The molecule has 0 saturated heterocycles. The second-order valence-corrected chi connectivity index (χ2v) is 5.21. The zero-order valence-corrected chi connectivity index (χ0v) is 12.7. The summed E-state index contributed by atoms with van der Waals surface area (Å²) in [5.74, 6) is 0.326. The molecule has 2 aromatic rings. The van der Waals surface area contributed by atoms with Crippen molar-refractivity contribution in [3.63, 3.8) is 0 Å². The van der Waals surface area contributed by atoms with Crippen molar-refractivity contribution < 1.29 is 14.5 Å². The molecule has 0 saturated carbocycles. The standard InChI is InChI=1S/C17H16N2O4/c1-2-23-16-6-4-3-5-14(16)17(20)18-10-9-12-7-8-13(19(21)22)11-15(12)18/h3-8,11H,2,9-10H2,1H3. The number of nitrogens with zero attached hydrogens (tertiary/aromatic N) is 2. The van der Waals surface area contributed by atoms with Gasteiger partial charge in [0.1, 0.15) is 5.75 Å². The lowest BCUT2D eigenvalue weighted by molar-refractivity contribution is -0.384. The summed E-state index contributed by atoms with van der Waals surface area (Å²) >= 11 is 0. The van der Waals surface area contributed by atoms with Crippen LogP contribution in [0.4, 0.5) is 11.4 Å². The summed E-state index contributed by atoms with van der Waals surface area (Å²) in [6, 6.07) is 11.7. The van der Waals surface area contributed by atoms with Crippen LogP contribution in [-0.2, 0) is 6.42 Å². The largest absolute Gasteiger partial charge is 0.493 e. The maximum Gasteiger partial charge on any atom is 0.271 e. The van der Waals surface area contributed by atoms with E-state index in [-0.39, 0.29) is 11.6 Å². The molecule has 0 N–H and O–H groups in total. The molecule has 3 rings (SSSR count). The molecule has 0 aromatic heterocycles. The van der Waals surface area contributed by atoms with Gasteiger partial charge >= 0.3 is 0 Å². The highest BCUT2D eigenvalue weighted by Crippen LogP contribution is 2.33. The van der Waals surface area contributed by atoms with Crippen molar-refractivity contribution in [2.24, 2.45) is 0 Å². The van der Waals surface area contributed by atoms with Crippen LogP contribution >= 0.6 is 0 Å². The number of hydrogen-bond acceptors (Lipinski definition) is 4. The quantitative estimate of drug-likeness (QED) is 0.642. The summed E-state index contributed by atoms with van der Waals surface area (Å²) < 4.78 is 5.51. The molecule has 0 fully saturated rings. The second-order valence-electron chi connectivity index (χ2n) is 5.21. The summed E-state index contributed by atoms with van der Waals surface area (Å²) in [6.45, 7) is 2.83. The number of anilines is 1. The Morgan fingerprint density at radius 2 is 2.09 bits per heavy atom. The van der Waals surface area contributed by atoms with Crippen molar-refractivity contribution in [1.82, 2.24) is 0 Å². The van der Waals surface area contributed by atoms with Gasteiger partial charge in [0.15, 0.2) is 0 Å². The topological polar surface area (TPSA) is 72.7 Å². The number of nitro groups is 1. The Bertz CT molecular complexity index is 773. The van der Waals surface area contributed by atoms with E-state index in [0.29, 0.717) is 36.6 Å². The van der Waals surface area contributed by atoms with Gasteiger partial charge in [0.05, 0.1) is 22.8 Å². The number of non-ortho nitro benzene ring substituents is 1. The molecule has 0 unspecified atom stereocenters. The zero-order chi connectivity index (χ0) is 16.4. The molecule has 2 aromatic carbocycles. The van der Waals surface area contributed by atoms with E-state index in [1.54, 1.807) is 29.2 Å². The lowest BCUT2D eigenvalue weighted by atomic mass is 10.1. The third-order valence-corrected chi connectivity index (χ3v) is 3.84. The Labute approximate surface area is 133 Å². The highest BCUT2D eigenvalue weighted by Gasteiger charge is 2.28. The minimum absolute atomic E-state index is 0.0125. The molecule has 0 radical (unpaired) electrons. The van der Waals surface area contributed by atoms with Crippen molar-refractivity contribution in [3.05, 3.63) is 63.7 Å². The molecule has 23 heavy (non-hydrogen) atoms. The third-order valence-electron chi connectivity index (χ3n) is 3.84. The first-order valence-corrected chi connectivity index (χ1v) is 7.43. The van der Waals surface area contributed by atoms with Gasteiger partial charge in [-0.2, -0.15) is 0 Å². The summed E-state index contributed by atoms with van der Waals surface area (Å²) in [5.41, 5.74) is 2.00. The molecular formula is C17H16N2O4. The molecule has 6 heteroatoms. The molecule has 6 nitrogen and oxygen atoms in total. The molecule has 0 atom stereocenters. The van der Waals surface area contributed by atoms with E-state index in [9.17, 15) is 14.9 Å². The van der Waals surface area contributed by atoms with Crippen molar-refractivity contribution in [2.45, 2.75) is 13.3 Å². The second kappa shape index (κ2) is 6.08. The molecule has 1 heterocycles. The number of nitro benzene ring substituents is 1. The predicted octanol–water partition coefficient (Wildman–Crippen LogP) is 3.20. The van der Waals surface area contributed by atoms with Crippen molar-refractivity contribution in [2.75, 3.05) is 18.1 Å². The molecule has 0 bridgehead atoms. The Morgan fingerprint density at radius 3 is 2.83 bits per heavy atom. The van der Waals surface area contributed by atoms with E-state index in [2.05, 4.69) is 0 Å². The van der Waals surface area contributed by atoms with Gasteiger partial charge in [0.25, 0.3) is 11.6 Å². The van der Waals surface area contributed by atoms with Crippen LogP contribution in [0.1, 0.15) is 22.8 Å². The molecule has 1 aliphatic rings. The van der Waals surface area contributed by atoms with Gasteiger partial charge < -0.3 is 9.64 Å². The number of rotatable bonds is 4. The number of fused-ring (bicyclic) bond motifs is 1. The fourth-order valence-electron chi connectivity index (χ4n) is 2.76. The maximum absolute atomic E-state index is 12.9. The summed E-state index contributed by atoms with van der Waals surface area (Å²) in [5, 5.41) is 11.0. The fraction of sp³-hybridized carbons (Fsp3) is 0.235. The molecular weight excluding hydrogens is 296 g/mol. The number of hydrogen-bond donors (Lipinski definition) is 0. The number of para-hydroxylation sites is 1. The van der Waals surface area contributed by atoms with Crippen molar-refractivity contribution in [3.8, 4) is 5.75 Å². The van der Waals surface area contributed by atoms with Crippen LogP contribution < -0.4 is 9.64 Å². The number of ether oxygens (including phenoxy) is 1. The van der Waals surface area contributed by atoms with Gasteiger partial charge in [0.2, 0.25) is 0 Å². The van der Waals surface area contributed by atoms with E-state index >= 15 is 0 Å². The van der Waals surface area contributed by atoms with E-state index in [1.807, 2.05) is 13.0 Å². The van der Waals surface area contributed by atoms with Crippen LogP contribution in [0.3, 0.4) is 0 Å². The van der Waals surface area contributed by atoms with Gasteiger partial charge in [-0.05, 0) is 31.0 Å². The summed E-state index contributed by atoms with van der Waals surface area (Å²) in [6.07, 6.45) is 0.690. The van der Waals surface area contributed by atoms with Gasteiger partial charge in [-0.15, -0.1) is 0 Å². The van der Waals surface area contributed by atoms with Gasteiger partial charge in [0, 0.05) is 18.7 Å². The molecule has 1 amide bonds. The monoisotopic (exact) mass is 312 g/mol. The summed E-state index contributed by atoms with van der Waals surface area (Å²) in [4.78, 5) is 25.0. The lowest BCUT2D eigenvalue weighted by Crippen LogP contribution is -2.29. The Hall–Kier alpha value is -2.89. The van der Waals surface area contributed by atoms with Crippen LogP contribution in [0.2, 0.25) is 0 Å². The average molecular weight is 312 g/mol. The first-order chi connectivity index (χ1) is 11.1. The molecule has 0 spiro atoms. The van der Waals surface area contributed by atoms with Crippen LogP contribution in [0, 0.1) is 10.1 Å². The van der Waals surface area contributed by atoms with E-state index < -0.39 is 4.92 Å². The first kappa shape index (κ1) is 15.0. The molecule has 1 aliphatic heterocycles. The van der Waals surface area contributed by atoms with E-state index in [0.717, 1.165) is 5.56 Å². The van der Waals surface area contributed by atoms with Crippen LogP contribution in [0.25, 0.3) is 0 Å². The lowest BCUT2D eigenvalue weighted by Gasteiger charge is -2.19. The average Bonchev–Trinajstić information content (AvgIpc) is 2.98. The summed E-state index contributed by atoms with van der Waals surface area (Å²) in [7, 11) is 0. The number of amides is 1. The maximum atomic E-state index is 12.9. The van der Waals surface area contributed by atoms with Crippen LogP contribution in [0.15, 0.2) is 42.5 Å². The molecule has 0 aliphatic carbocycles. The van der Waals surface area contributed by atoms with Crippen LogP contribution in [-0.4, -0.2) is 24.0 Å². The zero-order valence-electron chi connectivity index (χ0n) is 12.7. The highest BCUT2D eigenvalue weighted by atomic mass is 16.6. The fourth-order valence-corrected chi connectivity index (χ4v) is 2.76. The minimum atomic E-state index is -0.449. The van der Waals surface area contributed by atoms with Gasteiger partial charge in [-0.3, -0.25) is 14.9 Å². The Morgan fingerprint density at radius 1 is 1.30 bits per heavy atom. The highest BCUT2D eigenvalue weighted by molar-refractivity contribution is 6.09. The number of carbonyl (C=O) groups is 1. The van der Waals surface area contributed by atoms with Crippen LogP contribution in [0.5, 0.6) is 5.75 Å². The Kier molecular flexibility index (Phi) is 3.97. The third kappa shape index (κ3) is 2.75. The van der Waals surface area contributed by atoms with E-state index in [4.69, 9.17) is 4.74 Å².